The second-order valence-corrected chi connectivity index (χ2v) is 6.15. The van der Waals surface area contributed by atoms with E-state index in [0.29, 0.717) is 0 Å². The van der Waals surface area contributed by atoms with E-state index in [2.05, 4.69) is 68.6 Å². The summed E-state index contributed by atoms with van der Waals surface area (Å²) in [5, 5.41) is 3.50. The van der Waals surface area contributed by atoms with Crippen LogP contribution in [0.25, 0.3) is 0 Å². The molecule has 0 spiro atoms. The molecule has 0 saturated heterocycles. The van der Waals surface area contributed by atoms with Crippen molar-refractivity contribution in [2.45, 2.75) is 39.3 Å². The zero-order valence-electron chi connectivity index (χ0n) is 12.4. The molecule has 1 N–H and O–H groups in total. The predicted octanol–water partition coefficient (Wildman–Crippen LogP) is 4.32. The summed E-state index contributed by atoms with van der Waals surface area (Å²) in [6.07, 6.45) is 0.987. The van der Waals surface area contributed by atoms with Crippen molar-refractivity contribution in [3.8, 4) is 5.75 Å². The number of nitrogens with one attached hydrogen (secondary N) is 1. The van der Waals surface area contributed by atoms with E-state index >= 15 is 0 Å². The van der Waals surface area contributed by atoms with Crippen molar-refractivity contribution in [2.75, 3.05) is 5.32 Å². The molecule has 0 bridgehead atoms. The summed E-state index contributed by atoms with van der Waals surface area (Å²) in [5.41, 5.74) is 5.03. The van der Waals surface area contributed by atoms with Gasteiger partial charge in [-0.15, -0.1) is 0 Å². The van der Waals surface area contributed by atoms with Crippen molar-refractivity contribution in [1.29, 1.82) is 0 Å². The van der Waals surface area contributed by atoms with Gasteiger partial charge in [0.05, 0.1) is 0 Å². The highest BCUT2D eigenvalue weighted by Crippen LogP contribution is 2.35. The number of aryl methyl sites for hydroxylation is 1. The summed E-state index contributed by atoms with van der Waals surface area (Å²) in [7, 11) is 0. The van der Waals surface area contributed by atoms with Crippen molar-refractivity contribution >= 4 is 5.69 Å². The molecule has 3 rings (SSSR count). The molecule has 0 amide bonds. The van der Waals surface area contributed by atoms with Gasteiger partial charge in [-0.25, -0.2) is 0 Å². The Morgan fingerprint density at radius 3 is 2.75 bits per heavy atom. The molecule has 20 heavy (non-hydrogen) atoms. The fourth-order valence-corrected chi connectivity index (χ4v) is 2.74. The van der Waals surface area contributed by atoms with E-state index in [0.717, 1.165) is 18.7 Å². The largest absolute Gasteiger partial charge is 0.487 e. The molecule has 0 radical (unpaired) electrons. The Balaban J connectivity index is 1.73. The highest BCUT2D eigenvalue weighted by Gasteiger charge is 2.29. The lowest BCUT2D eigenvalue weighted by Gasteiger charge is -2.16. The summed E-state index contributed by atoms with van der Waals surface area (Å²) in [6.45, 7) is 7.25. The average Bonchev–Trinajstić information content (AvgIpc) is 2.71. The van der Waals surface area contributed by atoms with Gasteiger partial charge in [-0.05, 0) is 49.6 Å². The minimum atomic E-state index is -0.0651. The van der Waals surface area contributed by atoms with Crippen LogP contribution >= 0.6 is 0 Å². The minimum Gasteiger partial charge on any atom is -0.487 e. The maximum absolute atomic E-state index is 5.91. The molecule has 2 nitrogen and oxygen atoms in total. The molecule has 2 heteroatoms. The molecule has 0 aromatic heterocycles. The van der Waals surface area contributed by atoms with Crippen molar-refractivity contribution in [3.05, 3.63) is 59.2 Å². The van der Waals surface area contributed by atoms with Crippen LogP contribution < -0.4 is 10.1 Å². The Hall–Kier alpha value is -1.96. The van der Waals surface area contributed by atoms with Crippen molar-refractivity contribution < 1.29 is 4.74 Å². The first kappa shape index (κ1) is 13.0. The van der Waals surface area contributed by atoms with E-state index in [1.807, 2.05) is 0 Å². The summed E-state index contributed by atoms with van der Waals surface area (Å²) >= 11 is 0. The lowest BCUT2D eigenvalue weighted by Crippen LogP contribution is -2.24. The van der Waals surface area contributed by atoms with Gasteiger partial charge in [-0.2, -0.15) is 0 Å². The minimum absolute atomic E-state index is 0.0651. The second-order valence-electron chi connectivity index (χ2n) is 6.15. The standard InChI is InChI=1S/C18H21NO/c1-13-6-4-5-7-16(13)19-12-14-8-9-17-15(10-14)11-18(2,3)20-17/h4-10,19H,11-12H2,1-3H3. The first-order chi connectivity index (χ1) is 9.53. The van der Waals surface area contributed by atoms with E-state index in [9.17, 15) is 0 Å². The third kappa shape index (κ3) is 2.64. The Morgan fingerprint density at radius 2 is 1.95 bits per heavy atom. The Labute approximate surface area is 120 Å². The van der Waals surface area contributed by atoms with Crippen LogP contribution in [0.5, 0.6) is 5.75 Å². The highest BCUT2D eigenvalue weighted by molar-refractivity contribution is 5.51. The van der Waals surface area contributed by atoms with Gasteiger partial charge in [0.2, 0.25) is 0 Å². The van der Waals surface area contributed by atoms with Crippen molar-refractivity contribution in [2.24, 2.45) is 0 Å². The molecule has 1 aliphatic heterocycles. The van der Waals surface area contributed by atoms with Crippen LogP contribution in [0, 0.1) is 6.92 Å². The Kier molecular flexibility index (Phi) is 3.17. The lowest BCUT2D eigenvalue weighted by atomic mass is 10.0. The monoisotopic (exact) mass is 267 g/mol. The fraction of sp³-hybridized carbons (Fsp3) is 0.333. The smallest absolute Gasteiger partial charge is 0.123 e. The molecule has 1 aliphatic rings. The van der Waals surface area contributed by atoms with Gasteiger partial charge >= 0.3 is 0 Å². The maximum atomic E-state index is 5.91. The van der Waals surface area contributed by atoms with Gasteiger partial charge in [0.15, 0.2) is 0 Å². The normalized spacial score (nSPS) is 15.6. The fourth-order valence-electron chi connectivity index (χ4n) is 2.74. The van der Waals surface area contributed by atoms with E-state index in [1.165, 1.54) is 22.4 Å². The van der Waals surface area contributed by atoms with Gasteiger partial charge in [-0.3, -0.25) is 0 Å². The number of fused-ring (bicyclic) bond motifs is 1. The molecule has 0 fully saturated rings. The summed E-state index contributed by atoms with van der Waals surface area (Å²) < 4.78 is 5.91. The second kappa shape index (κ2) is 4.86. The number of para-hydroxylation sites is 1. The molecular weight excluding hydrogens is 246 g/mol. The van der Waals surface area contributed by atoms with Crippen molar-refractivity contribution in [1.82, 2.24) is 0 Å². The molecule has 104 valence electrons. The number of benzene rings is 2. The molecular formula is C18H21NO. The zero-order valence-corrected chi connectivity index (χ0v) is 12.4. The topological polar surface area (TPSA) is 21.3 Å². The van der Waals surface area contributed by atoms with Gasteiger partial charge in [0.1, 0.15) is 11.4 Å². The summed E-state index contributed by atoms with van der Waals surface area (Å²) in [5.74, 6) is 1.04. The van der Waals surface area contributed by atoms with Gasteiger partial charge in [0.25, 0.3) is 0 Å². The number of anilines is 1. The maximum Gasteiger partial charge on any atom is 0.123 e. The molecule has 0 aliphatic carbocycles. The van der Waals surface area contributed by atoms with Crippen LogP contribution in [-0.2, 0) is 13.0 Å². The third-order valence-electron chi connectivity index (χ3n) is 3.76. The summed E-state index contributed by atoms with van der Waals surface area (Å²) in [6, 6.07) is 14.9. The van der Waals surface area contributed by atoms with Gasteiger partial charge in [-0.1, -0.05) is 30.3 Å². The molecule has 0 unspecified atom stereocenters. The molecule has 2 aromatic rings. The molecule has 0 saturated carbocycles. The number of hydrogen-bond acceptors (Lipinski definition) is 2. The molecule has 2 aromatic carbocycles. The highest BCUT2D eigenvalue weighted by atomic mass is 16.5. The van der Waals surface area contributed by atoms with Crippen LogP contribution in [0.2, 0.25) is 0 Å². The molecule has 1 heterocycles. The Morgan fingerprint density at radius 1 is 1.15 bits per heavy atom. The van der Waals surface area contributed by atoms with Crippen LogP contribution in [-0.4, -0.2) is 5.60 Å². The summed E-state index contributed by atoms with van der Waals surface area (Å²) in [4.78, 5) is 0. The molecule has 0 atom stereocenters. The van der Waals surface area contributed by atoms with E-state index in [4.69, 9.17) is 4.74 Å². The van der Waals surface area contributed by atoms with E-state index in [-0.39, 0.29) is 5.60 Å². The van der Waals surface area contributed by atoms with Crippen molar-refractivity contribution in [3.63, 3.8) is 0 Å². The third-order valence-corrected chi connectivity index (χ3v) is 3.76. The van der Waals surface area contributed by atoms with E-state index < -0.39 is 0 Å². The zero-order chi connectivity index (χ0) is 14.2. The number of hydrogen-bond donors (Lipinski definition) is 1. The number of ether oxygens (including phenoxy) is 1. The first-order valence-electron chi connectivity index (χ1n) is 7.14. The number of rotatable bonds is 3. The Bertz CT molecular complexity index is 631. The van der Waals surface area contributed by atoms with Crippen LogP contribution in [0.1, 0.15) is 30.5 Å². The predicted molar refractivity (Wildman–Crippen MR) is 83.4 cm³/mol. The van der Waals surface area contributed by atoms with Crippen LogP contribution in [0.4, 0.5) is 5.69 Å². The average molecular weight is 267 g/mol. The quantitative estimate of drug-likeness (QED) is 0.894. The van der Waals surface area contributed by atoms with E-state index in [1.54, 1.807) is 0 Å². The SMILES string of the molecule is Cc1ccccc1NCc1ccc2c(c1)CC(C)(C)O2. The van der Waals surface area contributed by atoms with Gasteiger partial charge < -0.3 is 10.1 Å². The lowest BCUT2D eigenvalue weighted by molar-refractivity contribution is 0.138. The van der Waals surface area contributed by atoms with Gasteiger partial charge in [0, 0.05) is 18.7 Å². The van der Waals surface area contributed by atoms with Crippen LogP contribution in [0.15, 0.2) is 42.5 Å². The van der Waals surface area contributed by atoms with Crippen LogP contribution in [0.3, 0.4) is 0 Å². The first-order valence-corrected chi connectivity index (χ1v) is 7.14.